The predicted octanol–water partition coefficient (Wildman–Crippen LogP) is 4.65. The lowest BCUT2D eigenvalue weighted by molar-refractivity contribution is -0.140. The van der Waals surface area contributed by atoms with Crippen molar-refractivity contribution in [3.63, 3.8) is 0 Å². The van der Waals surface area contributed by atoms with E-state index in [1.54, 1.807) is 54.5 Å². The number of ether oxygens (including phenoxy) is 3. The normalized spacial score (nSPS) is 16.9. The van der Waals surface area contributed by atoms with Gasteiger partial charge in [0.2, 0.25) is 0 Å². The number of ketones is 1. The van der Waals surface area contributed by atoms with Crippen molar-refractivity contribution in [1.82, 2.24) is 9.80 Å². The average molecular weight is 511 g/mol. The fraction of sp³-hybridized carbons (Fsp3) is 0.448. The van der Waals surface area contributed by atoms with Gasteiger partial charge in [0.25, 0.3) is 11.7 Å². The van der Waals surface area contributed by atoms with Crippen LogP contribution in [0.25, 0.3) is 5.76 Å². The molecule has 1 amide bonds. The molecule has 1 heterocycles. The van der Waals surface area contributed by atoms with Gasteiger partial charge in [0.1, 0.15) is 11.5 Å². The molecule has 200 valence electrons. The fourth-order valence-corrected chi connectivity index (χ4v) is 4.59. The summed E-state index contributed by atoms with van der Waals surface area (Å²) in [5.41, 5.74) is 1.12. The fourth-order valence-electron chi connectivity index (χ4n) is 4.59. The molecule has 0 aromatic heterocycles. The number of aliphatic hydroxyl groups is 1. The van der Waals surface area contributed by atoms with E-state index in [0.29, 0.717) is 47.9 Å². The van der Waals surface area contributed by atoms with Crippen molar-refractivity contribution >= 4 is 17.4 Å². The molecule has 0 saturated carbocycles. The Kier molecular flexibility index (Phi) is 9.97. The van der Waals surface area contributed by atoms with Crippen molar-refractivity contribution in [2.24, 2.45) is 0 Å². The number of benzene rings is 2. The van der Waals surface area contributed by atoms with Gasteiger partial charge in [-0.3, -0.25) is 9.59 Å². The van der Waals surface area contributed by atoms with Crippen LogP contribution in [0.4, 0.5) is 0 Å². The summed E-state index contributed by atoms with van der Waals surface area (Å²) in [4.78, 5) is 30.4. The van der Waals surface area contributed by atoms with Gasteiger partial charge in [0.15, 0.2) is 11.5 Å². The van der Waals surface area contributed by atoms with Gasteiger partial charge < -0.3 is 29.1 Å². The van der Waals surface area contributed by atoms with Gasteiger partial charge in [0, 0.05) is 12.1 Å². The zero-order valence-corrected chi connectivity index (χ0v) is 22.5. The lowest BCUT2D eigenvalue weighted by Crippen LogP contribution is -2.33. The third kappa shape index (κ3) is 6.25. The first-order valence-corrected chi connectivity index (χ1v) is 12.9. The van der Waals surface area contributed by atoms with Crippen LogP contribution in [-0.2, 0) is 9.59 Å². The number of methoxy groups -OCH3 is 2. The largest absolute Gasteiger partial charge is 0.507 e. The van der Waals surface area contributed by atoms with Crippen molar-refractivity contribution in [2.45, 2.75) is 39.7 Å². The van der Waals surface area contributed by atoms with E-state index in [4.69, 9.17) is 14.2 Å². The summed E-state index contributed by atoms with van der Waals surface area (Å²) < 4.78 is 16.6. The number of hydrogen-bond donors (Lipinski definition) is 1. The molecule has 0 radical (unpaired) electrons. The van der Waals surface area contributed by atoms with Crippen molar-refractivity contribution < 1.29 is 28.9 Å². The molecule has 0 spiro atoms. The Hall–Kier alpha value is -3.52. The summed E-state index contributed by atoms with van der Waals surface area (Å²) >= 11 is 0. The van der Waals surface area contributed by atoms with Crippen LogP contribution in [0.2, 0.25) is 0 Å². The van der Waals surface area contributed by atoms with E-state index in [9.17, 15) is 14.7 Å². The highest BCUT2D eigenvalue weighted by atomic mass is 16.5. The number of aliphatic hydroxyl groups excluding tert-OH is 1. The molecule has 3 rings (SSSR count). The second-order valence-corrected chi connectivity index (χ2v) is 8.86. The predicted molar refractivity (Wildman–Crippen MR) is 143 cm³/mol. The van der Waals surface area contributed by atoms with Gasteiger partial charge in [0.05, 0.1) is 32.4 Å². The van der Waals surface area contributed by atoms with Crippen LogP contribution in [0.1, 0.15) is 50.8 Å². The van der Waals surface area contributed by atoms with Gasteiger partial charge in [-0.1, -0.05) is 39.0 Å². The number of carbonyl (C=O) groups is 2. The molecule has 1 saturated heterocycles. The van der Waals surface area contributed by atoms with E-state index in [1.807, 2.05) is 6.92 Å². The molecule has 8 heteroatoms. The lowest BCUT2D eigenvalue weighted by Gasteiger charge is -2.27. The highest BCUT2D eigenvalue weighted by molar-refractivity contribution is 6.46. The molecule has 1 atom stereocenters. The van der Waals surface area contributed by atoms with E-state index in [-0.39, 0.29) is 11.3 Å². The monoisotopic (exact) mass is 510 g/mol. The van der Waals surface area contributed by atoms with Crippen LogP contribution in [-0.4, -0.2) is 73.6 Å². The zero-order valence-electron chi connectivity index (χ0n) is 22.5. The van der Waals surface area contributed by atoms with Crippen LogP contribution in [0.5, 0.6) is 17.2 Å². The van der Waals surface area contributed by atoms with Crippen LogP contribution < -0.4 is 14.2 Å². The molecule has 1 N–H and O–H groups in total. The second-order valence-electron chi connectivity index (χ2n) is 8.86. The van der Waals surface area contributed by atoms with Crippen molar-refractivity contribution in [2.75, 3.05) is 47.0 Å². The molecule has 1 aliphatic heterocycles. The van der Waals surface area contributed by atoms with Crippen LogP contribution in [0, 0.1) is 0 Å². The summed E-state index contributed by atoms with van der Waals surface area (Å²) in [6.07, 6.45) is 1.53. The molecule has 0 aliphatic carbocycles. The number of carbonyl (C=O) groups excluding carboxylic acids is 2. The van der Waals surface area contributed by atoms with E-state index in [2.05, 4.69) is 18.7 Å². The SMILES string of the molecule is CCCOc1cccc(/C(O)=C2\C(=O)C(=O)N(CCCN(CC)CC)C2c2ccc(OC)c(OC)c2)c1. The molecule has 1 aliphatic rings. The first kappa shape index (κ1) is 28.1. The molecular formula is C29H38N2O6. The number of amides is 1. The smallest absolute Gasteiger partial charge is 0.295 e. The summed E-state index contributed by atoms with van der Waals surface area (Å²) in [7, 11) is 3.08. The van der Waals surface area contributed by atoms with Gasteiger partial charge in [-0.2, -0.15) is 0 Å². The highest BCUT2D eigenvalue weighted by Gasteiger charge is 2.46. The van der Waals surface area contributed by atoms with Gasteiger partial charge in [-0.15, -0.1) is 0 Å². The molecular weight excluding hydrogens is 472 g/mol. The van der Waals surface area contributed by atoms with Crippen LogP contribution in [0.15, 0.2) is 48.0 Å². The summed E-state index contributed by atoms with van der Waals surface area (Å²) in [6, 6.07) is 11.5. The second kappa shape index (κ2) is 13.1. The standard InChI is InChI=1S/C29H38N2O6/c1-6-17-37-22-12-9-11-21(18-22)27(32)25-26(20-13-14-23(35-4)24(19-20)36-5)31(29(34)28(25)33)16-10-15-30(7-2)8-3/h9,11-14,18-19,26,32H,6-8,10,15-17H2,1-5H3/b27-25+. The van der Waals surface area contributed by atoms with Crippen molar-refractivity contribution in [3.8, 4) is 17.2 Å². The summed E-state index contributed by atoms with van der Waals surface area (Å²) in [5.74, 6) is 0.0295. The molecule has 2 aromatic carbocycles. The summed E-state index contributed by atoms with van der Waals surface area (Å²) in [5, 5.41) is 11.4. The van der Waals surface area contributed by atoms with Crippen LogP contribution >= 0.6 is 0 Å². The molecule has 1 fully saturated rings. The lowest BCUT2D eigenvalue weighted by atomic mass is 9.95. The number of likely N-dealkylation sites (tertiary alicyclic amines) is 1. The van der Waals surface area contributed by atoms with Crippen molar-refractivity contribution in [3.05, 3.63) is 59.2 Å². The Labute approximate surface area is 219 Å². The minimum atomic E-state index is -0.767. The average Bonchev–Trinajstić information content (AvgIpc) is 3.18. The van der Waals surface area contributed by atoms with Gasteiger partial charge in [-0.05, 0) is 62.3 Å². The highest BCUT2D eigenvalue weighted by Crippen LogP contribution is 2.42. The summed E-state index contributed by atoms with van der Waals surface area (Å²) in [6.45, 7) is 9.72. The van der Waals surface area contributed by atoms with Crippen LogP contribution in [0.3, 0.4) is 0 Å². The molecule has 8 nitrogen and oxygen atoms in total. The topological polar surface area (TPSA) is 88.5 Å². The quantitative estimate of drug-likeness (QED) is 0.238. The maximum atomic E-state index is 13.4. The van der Waals surface area contributed by atoms with E-state index in [1.165, 1.54) is 7.11 Å². The third-order valence-corrected chi connectivity index (χ3v) is 6.61. The minimum Gasteiger partial charge on any atom is -0.507 e. The third-order valence-electron chi connectivity index (χ3n) is 6.61. The number of rotatable bonds is 13. The van der Waals surface area contributed by atoms with Gasteiger partial charge >= 0.3 is 0 Å². The molecule has 0 bridgehead atoms. The molecule has 37 heavy (non-hydrogen) atoms. The van der Waals surface area contributed by atoms with Crippen molar-refractivity contribution in [1.29, 1.82) is 0 Å². The molecule has 2 aromatic rings. The Balaban J connectivity index is 2.08. The Morgan fingerprint density at radius 2 is 1.73 bits per heavy atom. The first-order valence-electron chi connectivity index (χ1n) is 12.9. The Morgan fingerprint density at radius 1 is 1.00 bits per heavy atom. The van der Waals surface area contributed by atoms with E-state index in [0.717, 1.165) is 26.1 Å². The Morgan fingerprint density at radius 3 is 2.38 bits per heavy atom. The van der Waals surface area contributed by atoms with E-state index >= 15 is 0 Å². The Bertz CT molecular complexity index is 1130. The number of nitrogens with zero attached hydrogens (tertiary/aromatic N) is 2. The first-order chi connectivity index (χ1) is 17.9. The number of hydrogen-bond acceptors (Lipinski definition) is 7. The minimum absolute atomic E-state index is 0.0488. The van der Waals surface area contributed by atoms with Gasteiger partial charge in [-0.25, -0.2) is 0 Å². The maximum absolute atomic E-state index is 13.4. The molecule has 1 unspecified atom stereocenters. The maximum Gasteiger partial charge on any atom is 0.295 e. The zero-order chi connectivity index (χ0) is 26.9. The number of Topliss-reactive ketones (excluding diaryl/α,β-unsaturated/α-hetero) is 1. The van der Waals surface area contributed by atoms with E-state index < -0.39 is 17.7 Å².